The van der Waals surface area contributed by atoms with Crippen LogP contribution in [0.2, 0.25) is 0 Å². The summed E-state index contributed by atoms with van der Waals surface area (Å²) < 4.78 is 23.0. The Balaban J connectivity index is 2.04. The zero-order valence-corrected chi connectivity index (χ0v) is 9.63. The Kier molecular flexibility index (Phi) is 3.57. The molecule has 5 nitrogen and oxygen atoms in total. The third kappa shape index (κ3) is 2.85. The first-order valence-electron chi connectivity index (χ1n) is 5.16. The highest BCUT2D eigenvalue weighted by Crippen LogP contribution is 2.16. The predicted molar refractivity (Wildman–Crippen MR) is 61.0 cm³/mol. The van der Waals surface area contributed by atoms with Crippen molar-refractivity contribution in [3.8, 4) is 17.6 Å². The zero-order chi connectivity index (χ0) is 13.0. The molecule has 0 aliphatic rings. The van der Waals surface area contributed by atoms with Crippen molar-refractivity contribution in [1.82, 2.24) is 9.97 Å². The summed E-state index contributed by atoms with van der Waals surface area (Å²) in [6.07, 6.45) is 0.850. The minimum Gasteiger partial charge on any atom is -0.497 e. The van der Waals surface area contributed by atoms with E-state index in [2.05, 4.69) is 9.97 Å². The van der Waals surface area contributed by atoms with Gasteiger partial charge in [0.05, 0.1) is 13.3 Å². The van der Waals surface area contributed by atoms with Gasteiger partial charge < -0.3 is 14.6 Å². The van der Waals surface area contributed by atoms with Crippen molar-refractivity contribution >= 4 is 0 Å². The third-order valence-corrected chi connectivity index (χ3v) is 2.21. The van der Waals surface area contributed by atoms with E-state index in [-0.39, 0.29) is 12.6 Å². The first-order valence-corrected chi connectivity index (χ1v) is 5.16. The molecule has 0 fully saturated rings. The molecule has 0 amide bonds. The van der Waals surface area contributed by atoms with Gasteiger partial charge in [0.25, 0.3) is 5.88 Å². The topological polar surface area (TPSA) is 64.5 Å². The minimum atomic E-state index is -0.885. The smallest absolute Gasteiger partial charge is 0.320 e. The molecule has 0 atom stereocenters. The first-order chi connectivity index (χ1) is 8.69. The van der Waals surface area contributed by atoms with Crippen LogP contribution >= 0.6 is 0 Å². The van der Waals surface area contributed by atoms with Gasteiger partial charge in [-0.25, -0.2) is 4.98 Å². The molecule has 2 aromatic rings. The molecule has 0 saturated heterocycles. The summed E-state index contributed by atoms with van der Waals surface area (Å²) in [7, 11) is 1.57. The Hall–Kier alpha value is -2.37. The normalized spacial score (nSPS) is 10.1. The minimum absolute atomic E-state index is 0.0864. The van der Waals surface area contributed by atoms with Gasteiger partial charge in [-0.15, -0.1) is 0 Å². The molecule has 0 spiro atoms. The fraction of sp³-hybridized carbons (Fsp3) is 0.167. The van der Waals surface area contributed by atoms with Crippen LogP contribution in [0.3, 0.4) is 0 Å². The molecule has 0 radical (unpaired) electrons. The lowest BCUT2D eigenvalue weighted by Crippen LogP contribution is -2.00. The van der Waals surface area contributed by atoms with Crippen molar-refractivity contribution in [2.75, 3.05) is 7.11 Å². The van der Waals surface area contributed by atoms with Crippen LogP contribution in [0.5, 0.6) is 17.6 Å². The van der Waals surface area contributed by atoms with Crippen molar-refractivity contribution in [3.63, 3.8) is 0 Å². The number of halogens is 1. The number of methoxy groups -OCH3 is 1. The maximum atomic E-state index is 12.7. The lowest BCUT2D eigenvalue weighted by molar-refractivity contribution is 0.271. The van der Waals surface area contributed by atoms with Gasteiger partial charge in [0, 0.05) is 0 Å². The Labute approximate surface area is 103 Å². The van der Waals surface area contributed by atoms with Crippen molar-refractivity contribution in [3.05, 3.63) is 41.8 Å². The van der Waals surface area contributed by atoms with Gasteiger partial charge in [-0.05, 0) is 17.7 Å². The number of aromatic hydroxyl groups is 1. The van der Waals surface area contributed by atoms with E-state index in [1.165, 1.54) is 0 Å². The number of aromatic nitrogens is 2. The summed E-state index contributed by atoms with van der Waals surface area (Å²) in [5.74, 6) is -0.909. The molecule has 1 N–H and O–H groups in total. The Morgan fingerprint density at radius 1 is 1.39 bits per heavy atom. The van der Waals surface area contributed by atoms with Gasteiger partial charge in [-0.1, -0.05) is 12.1 Å². The summed E-state index contributed by atoms with van der Waals surface area (Å²) in [6, 6.07) is 7.18. The van der Waals surface area contributed by atoms with Crippen molar-refractivity contribution in [1.29, 1.82) is 0 Å². The second-order valence-corrected chi connectivity index (χ2v) is 3.46. The lowest BCUT2D eigenvalue weighted by atomic mass is 10.2. The zero-order valence-electron chi connectivity index (χ0n) is 9.63. The highest BCUT2D eigenvalue weighted by atomic mass is 19.1. The van der Waals surface area contributed by atoms with E-state index in [4.69, 9.17) is 14.6 Å². The van der Waals surface area contributed by atoms with Gasteiger partial charge >= 0.3 is 6.01 Å². The summed E-state index contributed by atoms with van der Waals surface area (Å²) in [5, 5.41) is 9.05. The second kappa shape index (κ2) is 5.31. The fourth-order valence-corrected chi connectivity index (χ4v) is 1.32. The van der Waals surface area contributed by atoms with E-state index >= 15 is 0 Å². The van der Waals surface area contributed by atoms with Gasteiger partial charge in [0.15, 0.2) is 0 Å². The molecule has 18 heavy (non-hydrogen) atoms. The molecule has 1 aromatic carbocycles. The summed E-state index contributed by atoms with van der Waals surface area (Å²) in [4.78, 5) is 7.04. The monoisotopic (exact) mass is 250 g/mol. The fourth-order valence-electron chi connectivity index (χ4n) is 1.32. The molecule has 0 unspecified atom stereocenters. The molecular formula is C12H11FN2O3. The van der Waals surface area contributed by atoms with Crippen molar-refractivity contribution in [2.45, 2.75) is 6.61 Å². The van der Waals surface area contributed by atoms with E-state index in [0.29, 0.717) is 5.75 Å². The molecular weight excluding hydrogens is 239 g/mol. The average molecular weight is 250 g/mol. The molecule has 0 aliphatic heterocycles. The maximum Gasteiger partial charge on any atom is 0.320 e. The van der Waals surface area contributed by atoms with Crippen LogP contribution in [0.1, 0.15) is 5.56 Å². The van der Waals surface area contributed by atoms with Gasteiger partial charge in [-0.2, -0.15) is 9.37 Å². The second-order valence-electron chi connectivity index (χ2n) is 3.46. The molecule has 0 bridgehead atoms. The molecule has 1 heterocycles. The quantitative estimate of drug-likeness (QED) is 0.897. The lowest BCUT2D eigenvalue weighted by Gasteiger charge is -2.06. The molecule has 0 aliphatic carbocycles. The Morgan fingerprint density at radius 3 is 2.94 bits per heavy atom. The Bertz CT molecular complexity index is 549. The van der Waals surface area contributed by atoms with Crippen molar-refractivity contribution in [2.24, 2.45) is 0 Å². The van der Waals surface area contributed by atoms with Gasteiger partial charge in [0.2, 0.25) is 5.82 Å². The van der Waals surface area contributed by atoms with E-state index in [0.717, 1.165) is 11.8 Å². The summed E-state index contributed by atoms with van der Waals surface area (Å²) in [5.41, 5.74) is 0.849. The Morgan fingerprint density at radius 2 is 2.22 bits per heavy atom. The van der Waals surface area contributed by atoms with Crippen LogP contribution in [-0.2, 0) is 6.61 Å². The largest absolute Gasteiger partial charge is 0.497 e. The molecule has 94 valence electrons. The standard InChI is InChI=1S/C12H11FN2O3/c1-17-9-4-2-3-8(5-9)7-18-12-14-6-10(13)11(16)15-12/h2-6H,7H2,1H3,(H,14,15,16). The summed E-state index contributed by atoms with van der Waals surface area (Å²) in [6.45, 7) is 0.197. The molecule has 2 rings (SSSR count). The highest BCUT2D eigenvalue weighted by Gasteiger charge is 2.06. The van der Waals surface area contributed by atoms with Crippen LogP contribution in [0.15, 0.2) is 30.5 Å². The SMILES string of the molecule is COc1cccc(COc2ncc(F)c(O)n2)c1. The van der Waals surface area contributed by atoms with Gasteiger partial charge in [-0.3, -0.25) is 0 Å². The van der Waals surface area contributed by atoms with Crippen LogP contribution in [-0.4, -0.2) is 22.2 Å². The van der Waals surface area contributed by atoms with Crippen LogP contribution in [0, 0.1) is 5.82 Å². The van der Waals surface area contributed by atoms with E-state index < -0.39 is 11.7 Å². The predicted octanol–water partition coefficient (Wildman–Crippen LogP) is 1.91. The molecule has 0 saturated carbocycles. The number of nitrogens with zero attached hydrogens (tertiary/aromatic N) is 2. The van der Waals surface area contributed by atoms with Crippen LogP contribution < -0.4 is 9.47 Å². The average Bonchev–Trinajstić information content (AvgIpc) is 2.40. The van der Waals surface area contributed by atoms with Gasteiger partial charge in [0.1, 0.15) is 12.4 Å². The highest BCUT2D eigenvalue weighted by molar-refractivity contribution is 5.28. The first kappa shape index (κ1) is 12.1. The van der Waals surface area contributed by atoms with E-state index in [1.807, 2.05) is 18.2 Å². The number of rotatable bonds is 4. The van der Waals surface area contributed by atoms with Crippen molar-refractivity contribution < 1.29 is 19.0 Å². The molecule has 6 heteroatoms. The van der Waals surface area contributed by atoms with Crippen LogP contribution in [0.4, 0.5) is 4.39 Å². The van der Waals surface area contributed by atoms with E-state index in [1.54, 1.807) is 13.2 Å². The van der Waals surface area contributed by atoms with E-state index in [9.17, 15) is 4.39 Å². The van der Waals surface area contributed by atoms with Crippen LogP contribution in [0.25, 0.3) is 0 Å². The number of hydrogen-bond acceptors (Lipinski definition) is 5. The number of hydrogen-bond donors (Lipinski definition) is 1. The number of ether oxygens (including phenoxy) is 2. The number of benzene rings is 1. The molecule has 1 aromatic heterocycles. The summed E-state index contributed by atoms with van der Waals surface area (Å²) >= 11 is 0. The third-order valence-electron chi connectivity index (χ3n) is 2.21. The maximum absolute atomic E-state index is 12.7.